The molecule has 1 aliphatic carbocycles. The third-order valence-corrected chi connectivity index (χ3v) is 3.19. The van der Waals surface area contributed by atoms with E-state index in [1.807, 2.05) is 0 Å². The number of nitrogens with zero attached hydrogens (tertiary/aromatic N) is 2. The van der Waals surface area contributed by atoms with E-state index in [4.69, 9.17) is 10.5 Å². The minimum Gasteiger partial charge on any atom is -0.451 e. The summed E-state index contributed by atoms with van der Waals surface area (Å²) in [5.74, 6) is -1.82. The molecule has 24 heavy (non-hydrogen) atoms. The van der Waals surface area contributed by atoms with Crippen LogP contribution in [0.1, 0.15) is 27.9 Å². The minimum absolute atomic E-state index is 0.123. The summed E-state index contributed by atoms with van der Waals surface area (Å²) in [4.78, 5) is 44.3. The third kappa shape index (κ3) is 2.72. The number of allylic oxidation sites excluding steroid dienone is 2. The van der Waals surface area contributed by atoms with Gasteiger partial charge in [-0.1, -0.05) is 0 Å². The Bertz CT molecular complexity index is 887. The number of aromatic nitrogens is 2. The lowest BCUT2D eigenvalue weighted by Gasteiger charge is -2.19. The molecular formula is C16H12N4O4. The van der Waals surface area contributed by atoms with Crippen LogP contribution in [-0.2, 0) is 4.79 Å². The Balaban J connectivity index is 2.09. The van der Waals surface area contributed by atoms with Crippen LogP contribution in [0, 0.1) is 0 Å². The molecule has 1 heterocycles. The Labute approximate surface area is 136 Å². The van der Waals surface area contributed by atoms with Crippen LogP contribution in [0.4, 0.5) is 5.69 Å². The van der Waals surface area contributed by atoms with Crippen LogP contribution in [0.5, 0.6) is 5.75 Å². The number of carbonyl (C=O) groups excluding carboxylic acids is 3. The number of fused-ring (bicyclic) bond motifs is 1. The number of nitrogens with two attached hydrogens (primary N) is 1. The maximum Gasteiger partial charge on any atom is 0.251 e. The first-order valence-electron chi connectivity index (χ1n) is 6.93. The van der Waals surface area contributed by atoms with Crippen molar-refractivity contribution in [3.63, 3.8) is 0 Å². The lowest BCUT2D eigenvalue weighted by Crippen LogP contribution is -2.35. The van der Waals surface area contributed by atoms with Gasteiger partial charge in [-0.3, -0.25) is 14.4 Å². The molecule has 0 bridgehead atoms. The number of carbonyl (C=O) groups is 3. The average Bonchev–Trinajstić information content (AvgIpc) is 2.57. The highest BCUT2D eigenvalue weighted by atomic mass is 16.5. The van der Waals surface area contributed by atoms with Gasteiger partial charge < -0.3 is 15.8 Å². The smallest absolute Gasteiger partial charge is 0.251 e. The normalized spacial score (nSPS) is 13.5. The molecule has 1 aliphatic rings. The molecule has 2 aromatic rings. The molecule has 0 aliphatic heterocycles. The van der Waals surface area contributed by atoms with Crippen LogP contribution in [0.2, 0.25) is 0 Å². The predicted octanol–water partition coefficient (Wildman–Crippen LogP) is 0.865. The van der Waals surface area contributed by atoms with Crippen LogP contribution >= 0.6 is 0 Å². The predicted molar refractivity (Wildman–Crippen MR) is 83.0 cm³/mol. The molecule has 0 saturated carbocycles. The summed E-state index contributed by atoms with van der Waals surface area (Å²) in [5, 5.41) is 2.34. The molecule has 0 atom stereocenters. The van der Waals surface area contributed by atoms with Gasteiger partial charge in [0.25, 0.3) is 5.78 Å². The summed E-state index contributed by atoms with van der Waals surface area (Å²) in [6, 6.07) is 6.24. The van der Waals surface area contributed by atoms with E-state index in [9.17, 15) is 14.4 Å². The Morgan fingerprint density at radius 3 is 2.21 bits per heavy atom. The Kier molecular flexibility index (Phi) is 3.78. The highest BCUT2D eigenvalue weighted by Crippen LogP contribution is 2.25. The van der Waals surface area contributed by atoms with Gasteiger partial charge in [-0.05, 0) is 24.3 Å². The molecule has 120 valence electrons. The Hall–Kier alpha value is -3.55. The molecule has 0 unspecified atom stereocenters. The van der Waals surface area contributed by atoms with E-state index in [-0.39, 0.29) is 28.6 Å². The van der Waals surface area contributed by atoms with E-state index in [2.05, 4.69) is 15.3 Å². The lowest BCUT2D eigenvalue weighted by atomic mass is 9.99. The minimum atomic E-state index is -0.640. The van der Waals surface area contributed by atoms with E-state index in [1.165, 1.54) is 31.5 Å². The summed E-state index contributed by atoms with van der Waals surface area (Å²) in [7, 11) is 0. The molecule has 0 spiro atoms. The van der Waals surface area contributed by atoms with Gasteiger partial charge >= 0.3 is 0 Å². The zero-order chi connectivity index (χ0) is 17.3. The summed E-state index contributed by atoms with van der Waals surface area (Å²) in [6.07, 6.45) is 2.59. The fraction of sp³-hybridized carbons (Fsp3) is 0.0625. The second-order valence-corrected chi connectivity index (χ2v) is 4.97. The Morgan fingerprint density at radius 2 is 1.62 bits per heavy atom. The third-order valence-electron chi connectivity index (χ3n) is 3.19. The molecule has 1 aromatic carbocycles. The van der Waals surface area contributed by atoms with Crippen molar-refractivity contribution in [1.29, 1.82) is 0 Å². The van der Waals surface area contributed by atoms with Gasteiger partial charge in [-0.25, -0.2) is 9.97 Å². The first-order chi connectivity index (χ1) is 11.5. The fourth-order valence-corrected chi connectivity index (χ4v) is 2.15. The quantitative estimate of drug-likeness (QED) is 0.802. The lowest BCUT2D eigenvalue weighted by molar-refractivity contribution is -0.118. The summed E-state index contributed by atoms with van der Waals surface area (Å²) < 4.78 is 5.53. The largest absolute Gasteiger partial charge is 0.451 e. The molecule has 0 radical (unpaired) electrons. The SMILES string of the molecule is CC(=O)NC1=C(Oc2ccc(N)cc2)C(=O)c2nccnc2C1=O. The monoisotopic (exact) mass is 324 g/mol. The van der Waals surface area contributed by atoms with Crippen LogP contribution in [-0.4, -0.2) is 27.4 Å². The number of benzene rings is 1. The van der Waals surface area contributed by atoms with Gasteiger partial charge in [0, 0.05) is 25.0 Å². The van der Waals surface area contributed by atoms with Gasteiger partial charge in [0.15, 0.2) is 0 Å². The van der Waals surface area contributed by atoms with Crippen LogP contribution < -0.4 is 15.8 Å². The second kappa shape index (κ2) is 5.92. The molecule has 3 rings (SSSR count). The van der Waals surface area contributed by atoms with E-state index >= 15 is 0 Å². The molecule has 0 fully saturated rings. The number of amides is 1. The van der Waals surface area contributed by atoms with Gasteiger partial charge in [0.2, 0.25) is 17.4 Å². The molecule has 1 amide bonds. The standard InChI is InChI=1S/C16H12N4O4/c1-8(21)20-13-14(22)11-12(19-7-6-18-11)15(23)16(13)24-10-4-2-9(17)3-5-10/h2-7H,17H2,1H3,(H,20,21). The fourth-order valence-electron chi connectivity index (χ4n) is 2.15. The number of anilines is 1. The molecule has 3 N–H and O–H groups in total. The second-order valence-electron chi connectivity index (χ2n) is 4.97. The van der Waals surface area contributed by atoms with E-state index in [0.29, 0.717) is 5.69 Å². The van der Waals surface area contributed by atoms with Crippen molar-refractivity contribution in [1.82, 2.24) is 15.3 Å². The number of Topliss-reactive ketones (excluding diaryl/α,β-unsaturated/α-hetero) is 2. The number of nitrogens with one attached hydrogen (secondary N) is 1. The van der Waals surface area contributed by atoms with E-state index < -0.39 is 17.5 Å². The highest BCUT2D eigenvalue weighted by molar-refractivity contribution is 6.25. The van der Waals surface area contributed by atoms with Crippen molar-refractivity contribution >= 4 is 23.2 Å². The van der Waals surface area contributed by atoms with Crippen molar-refractivity contribution in [2.24, 2.45) is 0 Å². The maximum absolute atomic E-state index is 12.6. The number of ketones is 2. The van der Waals surface area contributed by atoms with Gasteiger partial charge in [-0.2, -0.15) is 0 Å². The Morgan fingerprint density at radius 1 is 1.04 bits per heavy atom. The molecule has 0 saturated heterocycles. The van der Waals surface area contributed by atoms with Gasteiger partial charge in [0.1, 0.15) is 22.8 Å². The number of hydrogen-bond donors (Lipinski definition) is 2. The highest BCUT2D eigenvalue weighted by Gasteiger charge is 2.37. The zero-order valence-corrected chi connectivity index (χ0v) is 12.6. The average molecular weight is 324 g/mol. The first-order valence-corrected chi connectivity index (χ1v) is 6.93. The van der Waals surface area contributed by atoms with Crippen LogP contribution in [0.3, 0.4) is 0 Å². The summed E-state index contributed by atoms with van der Waals surface area (Å²) in [5.41, 5.74) is 5.60. The molecule has 1 aromatic heterocycles. The number of hydrogen-bond acceptors (Lipinski definition) is 7. The van der Waals surface area contributed by atoms with Crippen molar-refractivity contribution in [2.45, 2.75) is 6.92 Å². The topological polar surface area (TPSA) is 124 Å². The molecule has 8 heteroatoms. The van der Waals surface area contributed by atoms with E-state index in [0.717, 1.165) is 0 Å². The zero-order valence-electron chi connectivity index (χ0n) is 12.6. The molecular weight excluding hydrogens is 312 g/mol. The van der Waals surface area contributed by atoms with Crippen molar-refractivity contribution in [3.05, 3.63) is 59.5 Å². The number of nitrogen functional groups attached to an aromatic ring is 1. The molecule has 8 nitrogen and oxygen atoms in total. The van der Waals surface area contributed by atoms with Crippen LogP contribution in [0.15, 0.2) is 48.1 Å². The maximum atomic E-state index is 12.6. The summed E-state index contributed by atoms with van der Waals surface area (Å²) >= 11 is 0. The van der Waals surface area contributed by atoms with Crippen molar-refractivity contribution < 1.29 is 19.1 Å². The number of rotatable bonds is 3. The number of ether oxygens (including phenoxy) is 1. The van der Waals surface area contributed by atoms with E-state index in [1.54, 1.807) is 12.1 Å². The van der Waals surface area contributed by atoms with Crippen molar-refractivity contribution in [2.75, 3.05) is 5.73 Å². The summed E-state index contributed by atoms with van der Waals surface area (Å²) in [6.45, 7) is 1.22. The van der Waals surface area contributed by atoms with Gasteiger partial charge in [0.05, 0.1) is 0 Å². The van der Waals surface area contributed by atoms with Gasteiger partial charge in [-0.15, -0.1) is 0 Å². The first kappa shape index (κ1) is 15.3. The van der Waals surface area contributed by atoms with Crippen molar-refractivity contribution in [3.8, 4) is 5.75 Å². The van der Waals surface area contributed by atoms with Crippen LogP contribution in [0.25, 0.3) is 0 Å².